The van der Waals surface area contributed by atoms with Crippen molar-refractivity contribution in [3.05, 3.63) is 59.9 Å². The molecule has 0 aliphatic rings. The molecule has 1 heterocycles. The van der Waals surface area contributed by atoms with Gasteiger partial charge in [0.2, 0.25) is 0 Å². The smallest absolute Gasteiger partial charge is 0.322 e. The van der Waals surface area contributed by atoms with E-state index in [1.54, 1.807) is 12.1 Å². The second kappa shape index (κ2) is 9.31. The number of rotatable bonds is 9. The Kier molecular flexibility index (Phi) is 6.58. The number of hydrogen-bond acceptors (Lipinski definition) is 3. The summed E-state index contributed by atoms with van der Waals surface area (Å²) in [6.45, 7) is 1.99. The van der Waals surface area contributed by atoms with Crippen LogP contribution < -0.4 is 5.32 Å². The van der Waals surface area contributed by atoms with Gasteiger partial charge < -0.3 is 10.4 Å². The van der Waals surface area contributed by atoms with E-state index < -0.39 is 5.97 Å². The summed E-state index contributed by atoms with van der Waals surface area (Å²) in [5.74, 6) is -0.750. The molecule has 0 saturated heterocycles. The van der Waals surface area contributed by atoms with E-state index >= 15 is 0 Å². The number of carboxylic acid groups (broad SMARTS) is 1. The summed E-state index contributed by atoms with van der Waals surface area (Å²) in [6.07, 6.45) is 5.83. The van der Waals surface area contributed by atoms with Gasteiger partial charge in [-0.15, -0.1) is 0 Å². The molecule has 0 aliphatic carbocycles. The number of nitrogens with one attached hydrogen (secondary N) is 1. The van der Waals surface area contributed by atoms with Crippen molar-refractivity contribution in [3.63, 3.8) is 0 Å². The van der Waals surface area contributed by atoms with Crippen LogP contribution in [0.2, 0.25) is 0 Å². The lowest BCUT2D eigenvalue weighted by molar-refractivity contribution is -0.134. The van der Waals surface area contributed by atoms with Crippen LogP contribution in [0.3, 0.4) is 0 Å². The monoisotopic (exact) mass is 380 g/mol. The summed E-state index contributed by atoms with van der Waals surface area (Å²) in [7, 11) is 0. The number of anilines is 1. The molecule has 2 aromatic carbocycles. The molecule has 2 N–H and O–H groups in total. The number of aryl methyl sites for hydroxylation is 1. The van der Waals surface area contributed by atoms with Crippen LogP contribution in [0.5, 0.6) is 0 Å². The lowest BCUT2D eigenvalue weighted by atomic mass is 9.97. The zero-order valence-corrected chi connectivity index (χ0v) is 16.0. The van der Waals surface area contributed by atoms with Crippen molar-refractivity contribution in [1.82, 2.24) is 4.98 Å². The first-order chi connectivity index (χ1) is 13.6. The second-order valence-electron chi connectivity index (χ2n) is 6.97. The molecule has 0 atom stereocenters. The molecule has 146 valence electrons. The minimum Gasteiger partial charge on any atom is -0.480 e. The molecule has 1 aromatic heterocycles. The number of halogens is 1. The van der Waals surface area contributed by atoms with E-state index in [9.17, 15) is 9.18 Å². The van der Waals surface area contributed by atoms with E-state index in [1.165, 1.54) is 37.0 Å². The number of pyridine rings is 1. The molecule has 0 unspecified atom stereocenters. The Bertz CT molecular complexity index is 955. The van der Waals surface area contributed by atoms with E-state index in [-0.39, 0.29) is 12.4 Å². The van der Waals surface area contributed by atoms with E-state index in [0.717, 1.165) is 34.9 Å². The molecule has 4 nitrogen and oxygen atoms in total. The molecule has 0 bridgehead atoms. The van der Waals surface area contributed by atoms with Crippen LogP contribution in [0, 0.1) is 5.82 Å². The van der Waals surface area contributed by atoms with Crippen molar-refractivity contribution >= 4 is 22.7 Å². The number of hydrogen-bond donors (Lipinski definition) is 2. The number of fused-ring (bicyclic) bond motifs is 1. The molecular weight excluding hydrogens is 355 g/mol. The number of benzene rings is 2. The summed E-state index contributed by atoms with van der Waals surface area (Å²) in [5, 5.41) is 12.8. The van der Waals surface area contributed by atoms with Crippen molar-refractivity contribution in [2.45, 2.75) is 39.0 Å². The number of unbranched alkanes of at least 4 members (excludes halogenated alkanes) is 3. The highest BCUT2D eigenvalue weighted by Crippen LogP contribution is 2.31. The first-order valence-corrected chi connectivity index (χ1v) is 9.72. The number of aliphatic carboxylic acids is 1. The summed E-state index contributed by atoms with van der Waals surface area (Å²) >= 11 is 0. The maximum atomic E-state index is 13.4. The summed E-state index contributed by atoms with van der Waals surface area (Å²) < 4.78 is 13.4. The fraction of sp³-hybridized carbons (Fsp3) is 0.304. The average Bonchev–Trinajstić information content (AvgIpc) is 2.70. The Labute approximate surface area is 164 Å². The van der Waals surface area contributed by atoms with Gasteiger partial charge in [0.15, 0.2) is 0 Å². The number of carbonyl (C=O) groups is 1. The van der Waals surface area contributed by atoms with E-state index in [1.807, 2.05) is 12.1 Å². The van der Waals surface area contributed by atoms with Gasteiger partial charge in [-0.25, -0.2) is 9.37 Å². The number of aromatic nitrogens is 1. The maximum absolute atomic E-state index is 13.4. The topological polar surface area (TPSA) is 62.2 Å². The minimum absolute atomic E-state index is 0.211. The number of carboxylic acids is 1. The molecule has 0 saturated carbocycles. The van der Waals surface area contributed by atoms with Crippen molar-refractivity contribution < 1.29 is 14.3 Å². The van der Waals surface area contributed by atoms with Gasteiger partial charge in [0.05, 0.1) is 5.52 Å². The van der Waals surface area contributed by atoms with Crippen LogP contribution in [-0.4, -0.2) is 22.6 Å². The molecule has 28 heavy (non-hydrogen) atoms. The van der Waals surface area contributed by atoms with Gasteiger partial charge in [-0.05, 0) is 59.9 Å². The lowest BCUT2D eigenvalue weighted by Gasteiger charge is -2.12. The first kappa shape index (κ1) is 19.8. The largest absolute Gasteiger partial charge is 0.480 e. The zero-order valence-electron chi connectivity index (χ0n) is 16.0. The third kappa shape index (κ3) is 5.06. The molecule has 3 rings (SSSR count). The second-order valence-corrected chi connectivity index (χ2v) is 6.97. The van der Waals surface area contributed by atoms with E-state index in [0.29, 0.717) is 5.82 Å². The Balaban J connectivity index is 2.00. The van der Waals surface area contributed by atoms with Gasteiger partial charge in [-0.2, -0.15) is 0 Å². The fourth-order valence-electron chi connectivity index (χ4n) is 3.31. The predicted molar refractivity (Wildman–Crippen MR) is 111 cm³/mol. The standard InChI is InChI=1S/C23H25FN2O2/c1-2-3-4-5-6-16-7-12-21-20(13-16)19(17-8-10-18(24)11-9-17)14-22(26-21)25-15-23(27)28/h7-14H,2-6,15H2,1H3,(H,25,26)(H,27,28). The molecule has 0 aliphatic heterocycles. The van der Waals surface area contributed by atoms with Crippen molar-refractivity contribution in [1.29, 1.82) is 0 Å². The van der Waals surface area contributed by atoms with Gasteiger partial charge in [0.1, 0.15) is 18.2 Å². The first-order valence-electron chi connectivity index (χ1n) is 9.72. The molecular formula is C23H25FN2O2. The Morgan fingerprint density at radius 1 is 1.07 bits per heavy atom. The van der Waals surface area contributed by atoms with Gasteiger partial charge in [0, 0.05) is 5.39 Å². The van der Waals surface area contributed by atoms with E-state index in [4.69, 9.17) is 5.11 Å². The van der Waals surface area contributed by atoms with Crippen molar-refractivity contribution in [2.75, 3.05) is 11.9 Å². The molecule has 5 heteroatoms. The van der Waals surface area contributed by atoms with Crippen LogP contribution in [-0.2, 0) is 11.2 Å². The summed E-state index contributed by atoms with van der Waals surface area (Å²) in [4.78, 5) is 15.4. The highest BCUT2D eigenvalue weighted by atomic mass is 19.1. The molecule has 0 spiro atoms. The van der Waals surface area contributed by atoms with Crippen LogP contribution in [0.15, 0.2) is 48.5 Å². The highest BCUT2D eigenvalue weighted by molar-refractivity contribution is 5.96. The van der Waals surface area contributed by atoms with Crippen LogP contribution in [0.4, 0.5) is 10.2 Å². The Hall–Kier alpha value is -2.95. The SMILES string of the molecule is CCCCCCc1ccc2nc(NCC(=O)O)cc(-c3ccc(F)cc3)c2c1. The lowest BCUT2D eigenvalue weighted by Crippen LogP contribution is -2.13. The average molecular weight is 380 g/mol. The normalized spacial score (nSPS) is 10.9. The van der Waals surface area contributed by atoms with Crippen LogP contribution in [0.25, 0.3) is 22.0 Å². The van der Waals surface area contributed by atoms with Crippen molar-refractivity contribution in [2.24, 2.45) is 0 Å². The van der Waals surface area contributed by atoms with Crippen LogP contribution in [0.1, 0.15) is 38.2 Å². The van der Waals surface area contributed by atoms with Crippen LogP contribution >= 0.6 is 0 Å². The van der Waals surface area contributed by atoms with Crippen molar-refractivity contribution in [3.8, 4) is 11.1 Å². The number of nitrogens with zero attached hydrogens (tertiary/aromatic N) is 1. The molecule has 3 aromatic rings. The maximum Gasteiger partial charge on any atom is 0.322 e. The van der Waals surface area contributed by atoms with E-state index in [2.05, 4.69) is 29.4 Å². The predicted octanol–water partition coefficient (Wildman–Crippen LogP) is 5.66. The molecule has 0 radical (unpaired) electrons. The third-order valence-electron chi connectivity index (χ3n) is 4.77. The quantitative estimate of drug-likeness (QED) is 0.470. The summed E-state index contributed by atoms with van der Waals surface area (Å²) in [5.41, 5.74) is 3.82. The summed E-state index contributed by atoms with van der Waals surface area (Å²) in [6, 6.07) is 14.4. The highest BCUT2D eigenvalue weighted by Gasteiger charge is 2.10. The molecule has 0 fully saturated rings. The zero-order chi connectivity index (χ0) is 19.9. The van der Waals surface area contributed by atoms with Gasteiger partial charge in [-0.1, -0.05) is 44.4 Å². The Morgan fingerprint density at radius 2 is 1.86 bits per heavy atom. The Morgan fingerprint density at radius 3 is 2.57 bits per heavy atom. The molecule has 0 amide bonds. The minimum atomic E-state index is -0.951. The third-order valence-corrected chi connectivity index (χ3v) is 4.77. The van der Waals surface area contributed by atoms with Gasteiger partial charge in [-0.3, -0.25) is 4.79 Å². The van der Waals surface area contributed by atoms with Gasteiger partial charge >= 0.3 is 5.97 Å². The van der Waals surface area contributed by atoms with Gasteiger partial charge in [0.25, 0.3) is 0 Å². The fourth-order valence-corrected chi connectivity index (χ4v) is 3.31.